The quantitative estimate of drug-likeness (QED) is 0.0261. The Labute approximate surface area is 512 Å². The molecule has 0 N–H and O–H groups in total. The molecular weight excluding hydrogens is 1020 g/mol. The zero-order valence-electron chi connectivity index (χ0n) is 53.9. The molecule has 0 aliphatic rings. The van der Waals surface area contributed by atoms with E-state index in [1.807, 2.05) is 0 Å². The number of carbonyl (C=O) groups excluding carboxylic acids is 3. The monoisotopic (exact) mass is 1150 g/mol. The molecule has 0 bridgehead atoms. The van der Waals surface area contributed by atoms with Crippen LogP contribution < -0.4 is 0 Å². The summed E-state index contributed by atoms with van der Waals surface area (Å²) in [6, 6.07) is 0. The lowest BCUT2D eigenvalue weighted by Gasteiger charge is -2.18. The maximum atomic E-state index is 12.9. The minimum absolute atomic E-state index is 0.0964. The molecule has 6 nitrogen and oxygen atoms in total. The van der Waals surface area contributed by atoms with Crippen molar-refractivity contribution in [3.8, 4) is 0 Å². The molecule has 0 saturated heterocycles. The van der Waals surface area contributed by atoms with Crippen LogP contribution in [-0.4, -0.2) is 37.2 Å². The number of unbranched alkanes of at least 4 members (excludes halogenated alkanes) is 26. The van der Waals surface area contributed by atoms with Crippen molar-refractivity contribution in [3.63, 3.8) is 0 Å². The molecule has 0 rings (SSSR count). The van der Waals surface area contributed by atoms with E-state index in [2.05, 4.69) is 167 Å². The first-order valence-corrected chi connectivity index (χ1v) is 34.3. The van der Waals surface area contributed by atoms with Crippen LogP contribution in [-0.2, 0) is 28.6 Å². The molecule has 0 aromatic heterocycles. The highest BCUT2D eigenvalue weighted by Crippen LogP contribution is 2.15. The van der Waals surface area contributed by atoms with Gasteiger partial charge in [0.1, 0.15) is 13.2 Å². The second-order valence-electron chi connectivity index (χ2n) is 22.3. The van der Waals surface area contributed by atoms with E-state index in [1.54, 1.807) is 0 Å². The Bertz CT molecular complexity index is 1800. The van der Waals surface area contributed by atoms with Crippen LogP contribution in [0.4, 0.5) is 0 Å². The Kier molecular flexibility index (Phi) is 65.8. The second kappa shape index (κ2) is 69.8. The molecule has 470 valence electrons. The summed E-state index contributed by atoms with van der Waals surface area (Å²) >= 11 is 0. The van der Waals surface area contributed by atoms with Gasteiger partial charge in [-0.25, -0.2) is 0 Å². The average molecular weight is 1150 g/mol. The molecule has 0 saturated carbocycles. The molecule has 6 heteroatoms. The zero-order chi connectivity index (χ0) is 59.9. The summed E-state index contributed by atoms with van der Waals surface area (Å²) in [6.45, 7) is 6.47. The van der Waals surface area contributed by atoms with E-state index in [9.17, 15) is 14.4 Å². The van der Waals surface area contributed by atoms with Gasteiger partial charge in [-0.15, -0.1) is 0 Å². The molecule has 83 heavy (non-hydrogen) atoms. The number of hydrogen-bond acceptors (Lipinski definition) is 6. The number of hydrogen-bond donors (Lipinski definition) is 0. The van der Waals surface area contributed by atoms with Gasteiger partial charge < -0.3 is 14.2 Å². The minimum Gasteiger partial charge on any atom is -0.462 e. The largest absolute Gasteiger partial charge is 0.462 e. The van der Waals surface area contributed by atoms with Gasteiger partial charge >= 0.3 is 17.9 Å². The van der Waals surface area contributed by atoms with Crippen LogP contribution in [0.2, 0.25) is 0 Å². The number of ether oxygens (including phenoxy) is 3. The van der Waals surface area contributed by atoms with Crippen LogP contribution in [0, 0.1) is 0 Å². The topological polar surface area (TPSA) is 78.9 Å². The first-order chi connectivity index (χ1) is 41.0. The van der Waals surface area contributed by atoms with Gasteiger partial charge in [0, 0.05) is 19.3 Å². The van der Waals surface area contributed by atoms with Gasteiger partial charge in [-0.05, 0) is 148 Å². The summed E-state index contributed by atoms with van der Waals surface area (Å²) in [5.41, 5.74) is 0. The first kappa shape index (κ1) is 78.3. The molecule has 0 fully saturated rings. The highest BCUT2D eigenvalue weighted by Gasteiger charge is 2.19. The summed E-state index contributed by atoms with van der Waals surface area (Å²) in [5.74, 6) is -0.928. The van der Waals surface area contributed by atoms with E-state index in [-0.39, 0.29) is 31.1 Å². The predicted molar refractivity (Wildman–Crippen MR) is 362 cm³/mol. The molecular formula is C77H126O6. The van der Waals surface area contributed by atoms with Crippen molar-refractivity contribution in [3.05, 3.63) is 146 Å². The van der Waals surface area contributed by atoms with E-state index < -0.39 is 6.10 Å². The van der Waals surface area contributed by atoms with Crippen LogP contribution in [0.3, 0.4) is 0 Å². The van der Waals surface area contributed by atoms with Crippen molar-refractivity contribution >= 4 is 17.9 Å². The van der Waals surface area contributed by atoms with Crippen molar-refractivity contribution in [2.45, 2.75) is 309 Å². The van der Waals surface area contributed by atoms with Crippen LogP contribution in [0.25, 0.3) is 0 Å². The lowest BCUT2D eigenvalue weighted by atomic mass is 10.1. The minimum atomic E-state index is -0.802. The molecule has 0 spiro atoms. The Balaban J connectivity index is 4.35. The number of allylic oxidation sites excluding steroid dienone is 24. The maximum absolute atomic E-state index is 12.9. The van der Waals surface area contributed by atoms with E-state index in [4.69, 9.17) is 14.2 Å². The summed E-state index contributed by atoms with van der Waals surface area (Å²) < 4.78 is 16.9. The smallest absolute Gasteiger partial charge is 0.306 e. The summed E-state index contributed by atoms with van der Waals surface area (Å²) in [5, 5.41) is 0. The molecule has 0 aliphatic carbocycles. The van der Waals surface area contributed by atoms with E-state index >= 15 is 0 Å². The summed E-state index contributed by atoms with van der Waals surface area (Å²) in [4.78, 5) is 38.4. The van der Waals surface area contributed by atoms with Crippen LogP contribution in [0.5, 0.6) is 0 Å². The van der Waals surface area contributed by atoms with Crippen molar-refractivity contribution in [1.29, 1.82) is 0 Å². The van der Waals surface area contributed by atoms with Crippen LogP contribution in [0.15, 0.2) is 146 Å². The lowest BCUT2D eigenvalue weighted by Crippen LogP contribution is -2.30. The van der Waals surface area contributed by atoms with Gasteiger partial charge in [-0.1, -0.05) is 282 Å². The highest BCUT2D eigenvalue weighted by molar-refractivity contribution is 5.71. The average Bonchev–Trinajstić information content (AvgIpc) is 3.49. The molecule has 1 unspecified atom stereocenters. The Morgan fingerprint density at radius 2 is 0.470 bits per heavy atom. The molecule has 0 radical (unpaired) electrons. The van der Waals surface area contributed by atoms with Crippen molar-refractivity contribution in [1.82, 2.24) is 0 Å². The molecule has 0 aromatic rings. The molecule has 0 aromatic carbocycles. The van der Waals surface area contributed by atoms with Crippen molar-refractivity contribution < 1.29 is 28.6 Å². The van der Waals surface area contributed by atoms with Gasteiger partial charge in [-0.2, -0.15) is 0 Å². The van der Waals surface area contributed by atoms with Crippen molar-refractivity contribution in [2.24, 2.45) is 0 Å². The van der Waals surface area contributed by atoms with Gasteiger partial charge in [0.2, 0.25) is 0 Å². The fraction of sp³-hybridized carbons (Fsp3) is 0.649. The highest BCUT2D eigenvalue weighted by atomic mass is 16.6. The van der Waals surface area contributed by atoms with Crippen LogP contribution >= 0.6 is 0 Å². The number of esters is 3. The third kappa shape index (κ3) is 68.0. The summed E-state index contributed by atoms with van der Waals surface area (Å²) in [7, 11) is 0. The van der Waals surface area contributed by atoms with Crippen molar-refractivity contribution in [2.75, 3.05) is 13.2 Å². The predicted octanol–water partition coefficient (Wildman–Crippen LogP) is 23.9. The SMILES string of the molecule is CC/C=C\C/C=C\C/C=C\C/C=C\C/C=C\C/C=C\C/C=C\C/C=C\CCCCCCCCCCC(=O)OCC(COC(=O)CCCCCCC/C=C\C/C=C\CCCCCC)OC(=O)CCCCCCC/C=C\C/C=C\CCCCCC. The molecule has 1 atom stereocenters. The normalized spacial score (nSPS) is 13.0. The third-order valence-corrected chi connectivity index (χ3v) is 14.3. The molecule has 0 heterocycles. The van der Waals surface area contributed by atoms with E-state index in [1.165, 1.54) is 96.3 Å². The van der Waals surface area contributed by atoms with Gasteiger partial charge in [0.15, 0.2) is 6.10 Å². The Hall–Kier alpha value is -4.71. The van der Waals surface area contributed by atoms with E-state index in [0.29, 0.717) is 19.3 Å². The first-order valence-electron chi connectivity index (χ1n) is 34.3. The van der Waals surface area contributed by atoms with E-state index in [0.717, 1.165) is 167 Å². The molecule has 0 amide bonds. The molecule has 0 aliphatic heterocycles. The van der Waals surface area contributed by atoms with Gasteiger partial charge in [0.25, 0.3) is 0 Å². The Morgan fingerprint density at radius 1 is 0.253 bits per heavy atom. The fourth-order valence-electron chi connectivity index (χ4n) is 9.17. The van der Waals surface area contributed by atoms with Crippen LogP contribution in [0.1, 0.15) is 303 Å². The summed E-state index contributed by atoms with van der Waals surface area (Å²) in [6.07, 6.45) is 100.0. The zero-order valence-corrected chi connectivity index (χ0v) is 53.9. The lowest BCUT2D eigenvalue weighted by molar-refractivity contribution is -0.167. The standard InChI is InChI=1S/C77H126O6/c1-4-7-10-13-16-19-22-25-28-31-32-33-34-35-36-37-38-39-40-41-42-43-44-45-46-47-50-52-55-58-61-64-67-70-76(79)82-73-74(83-77(80)71-68-65-62-59-56-53-49-30-27-24-21-18-15-12-9-6-3)72-81-75(78)69-66-63-60-57-54-51-48-29-26-23-20-17-14-11-8-5-2/h7,10,16,19-21,23-25,28-30,32-33,35-36,38-39,41-42,44-45,48-49,74H,4-6,8-9,11-15,17-18,22,26-27,31,34,37,40,43,46-47,50-73H2,1-3H3/b10-7-,19-16-,23-20-,24-21-,28-25-,33-32-,36-35-,39-38-,42-41-,45-44-,48-29-,49-30-. The maximum Gasteiger partial charge on any atom is 0.306 e. The number of carbonyl (C=O) groups is 3. The number of rotatable bonds is 61. The third-order valence-electron chi connectivity index (χ3n) is 14.3. The Morgan fingerprint density at radius 3 is 0.735 bits per heavy atom. The van der Waals surface area contributed by atoms with Gasteiger partial charge in [-0.3, -0.25) is 14.4 Å². The van der Waals surface area contributed by atoms with Gasteiger partial charge in [0.05, 0.1) is 0 Å². The second-order valence-corrected chi connectivity index (χ2v) is 22.3. The fourth-order valence-corrected chi connectivity index (χ4v) is 9.17.